The van der Waals surface area contributed by atoms with Gasteiger partial charge in [0.2, 0.25) is 0 Å². The fourth-order valence-corrected chi connectivity index (χ4v) is 3.24. The zero-order valence-corrected chi connectivity index (χ0v) is 19.2. The summed E-state index contributed by atoms with van der Waals surface area (Å²) in [6.45, 7) is 7.66. The van der Waals surface area contributed by atoms with E-state index in [4.69, 9.17) is 0 Å². The first-order chi connectivity index (χ1) is 12.5. The molecule has 1 heterocycles. The van der Waals surface area contributed by atoms with Crippen molar-refractivity contribution in [1.82, 2.24) is 20.4 Å². The number of hydrogen-bond acceptors (Lipinski definition) is 2. The van der Waals surface area contributed by atoms with Gasteiger partial charge in [-0.25, -0.2) is 4.39 Å². The zero-order valence-electron chi connectivity index (χ0n) is 16.9. The van der Waals surface area contributed by atoms with Crippen LogP contribution in [0.25, 0.3) is 0 Å². The van der Waals surface area contributed by atoms with Gasteiger partial charge in [0.05, 0.1) is 5.69 Å². The summed E-state index contributed by atoms with van der Waals surface area (Å²) < 4.78 is 15.2. The van der Waals surface area contributed by atoms with E-state index in [1.807, 2.05) is 24.7 Å². The van der Waals surface area contributed by atoms with Crippen LogP contribution < -0.4 is 10.6 Å². The molecular weight excluding hydrogens is 456 g/mol. The zero-order chi connectivity index (χ0) is 19.1. The van der Waals surface area contributed by atoms with Crippen molar-refractivity contribution >= 4 is 29.9 Å². The highest BCUT2D eigenvalue weighted by Crippen LogP contribution is 2.15. The van der Waals surface area contributed by atoms with Gasteiger partial charge in [0.25, 0.3) is 0 Å². The van der Waals surface area contributed by atoms with Gasteiger partial charge >= 0.3 is 0 Å². The van der Waals surface area contributed by atoms with E-state index < -0.39 is 0 Å². The lowest BCUT2D eigenvalue weighted by atomic mass is 10.1. The number of aromatic nitrogens is 2. The van der Waals surface area contributed by atoms with Crippen molar-refractivity contribution < 1.29 is 4.39 Å². The molecule has 150 valence electrons. The van der Waals surface area contributed by atoms with Crippen LogP contribution in [-0.2, 0) is 32.9 Å². The van der Waals surface area contributed by atoms with Crippen molar-refractivity contribution in [3.63, 3.8) is 0 Å². The molecule has 0 aliphatic rings. The standard InChI is InChI=1S/C20H30FN5.HI/c1-6-18-17(19(7-2)26(5)25-18)13-24-20(22-4)23-11-10-15-8-9-16(21)12-14(15)3;/h8-9,12H,6-7,10-11,13H2,1-5H3,(H2,22,23,24);1H. The highest BCUT2D eigenvalue weighted by molar-refractivity contribution is 14.0. The van der Waals surface area contributed by atoms with Crippen LogP contribution >= 0.6 is 24.0 Å². The van der Waals surface area contributed by atoms with E-state index >= 15 is 0 Å². The van der Waals surface area contributed by atoms with E-state index in [2.05, 4.69) is 34.6 Å². The lowest BCUT2D eigenvalue weighted by molar-refractivity contribution is 0.625. The lowest BCUT2D eigenvalue weighted by Crippen LogP contribution is -2.38. The first-order valence-corrected chi connectivity index (χ1v) is 9.23. The third kappa shape index (κ3) is 6.19. The highest BCUT2D eigenvalue weighted by atomic mass is 127. The molecule has 0 aliphatic heterocycles. The molecule has 0 fully saturated rings. The molecular formula is C20H31FIN5. The van der Waals surface area contributed by atoms with E-state index in [1.165, 1.54) is 17.3 Å². The van der Waals surface area contributed by atoms with Crippen molar-refractivity contribution in [2.45, 2.75) is 46.6 Å². The van der Waals surface area contributed by atoms with Crippen molar-refractivity contribution in [1.29, 1.82) is 0 Å². The van der Waals surface area contributed by atoms with E-state index in [0.29, 0.717) is 6.54 Å². The first-order valence-electron chi connectivity index (χ1n) is 9.23. The van der Waals surface area contributed by atoms with Gasteiger partial charge < -0.3 is 10.6 Å². The molecule has 1 aromatic heterocycles. The first kappa shape index (κ1) is 23.4. The summed E-state index contributed by atoms with van der Waals surface area (Å²) in [4.78, 5) is 4.30. The molecule has 0 saturated carbocycles. The van der Waals surface area contributed by atoms with E-state index in [9.17, 15) is 4.39 Å². The Kier molecular flexibility index (Phi) is 9.76. The predicted octanol–water partition coefficient (Wildman–Crippen LogP) is 3.52. The monoisotopic (exact) mass is 487 g/mol. The summed E-state index contributed by atoms with van der Waals surface area (Å²) in [7, 11) is 3.77. The van der Waals surface area contributed by atoms with Crippen LogP contribution in [0.15, 0.2) is 23.2 Å². The third-order valence-electron chi connectivity index (χ3n) is 4.68. The Morgan fingerprint density at radius 1 is 1.22 bits per heavy atom. The van der Waals surface area contributed by atoms with Gasteiger partial charge in [0.1, 0.15) is 5.82 Å². The third-order valence-corrected chi connectivity index (χ3v) is 4.68. The molecule has 0 spiro atoms. The number of benzene rings is 1. The quantitative estimate of drug-likeness (QED) is 0.357. The summed E-state index contributed by atoms with van der Waals surface area (Å²) in [5.41, 5.74) is 5.77. The second kappa shape index (κ2) is 11.3. The van der Waals surface area contributed by atoms with Crippen molar-refractivity contribution in [2.75, 3.05) is 13.6 Å². The number of aryl methyl sites for hydroxylation is 3. The van der Waals surface area contributed by atoms with E-state index in [-0.39, 0.29) is 29.8 Å². The number of aliphatic imine (C=N–C) groups is 1. The van der Waals surface area contributed by atoms with Gasteiger partial charge in [-0.2, -0.15) is 5.10 Å². The molecule has 0 radical (unpaired) electrons. The summed E-state index contributed by atoms with van der Waals surface area (Å²) >= 11 is 0. The molecule has 7 heteroatoms. The van der Waals surface area contributed by atoms with Crippen molar-refractivity contribution in [2.24, 2.45) is 12.0 Å². The fraction of sp³-hybridized carbons (Fsp3) is 0.500. The number of hydrogen-bond donors (Lipinski definition) is 2. The molecule has 1 aromatic carbocycles. The molecule has 27 heavy (non-hydrogen) atoms. The Hall–Kier alpha value is -1.64. The van der Waals surface area contributed by atoms with Crippen LogP contribution in [0.5, 0.6) is 0 Å². The van der Waals surface area contributed by atoms with Gasteiger partial charge in [-0.1, -0.05) is 19.9 Å². The van der Waals surface area contributed by atoms with Crippen LogP contribution in [0.2, 0.25) is 0 Å². The molecule has 2 aromatic rings. The lowest BCUT2D eigenvalue weighted by Gasteiger charge is -2.13. The van der Waals surface area contributed by atoms with Crippen molar-refractivity contribution in [3.05, 3.63) is 52.1 Å². The van der Waals surface area contributed by atoms with Crippen LogP contribution in [0.4, 0.5) is 4.39 Å². The topological polar surface area (TPSA) is 54.2 Å². The molecule has 0 aliphatic carbocycles. The minimum Gasteiger partial charge on any atom is -0.356 e. The maximum Gasteiger partial charge on any atom is 0.191 e. The predicted molar refractivity (Wildman–Crippen MR) is 120 cm³/mol. The Morgan fingerprint density at radius 3 is 2.56 bits per heavy atom. The highest BCUT2D eigenvalue weighted by Gasteiger charge is 2.13. The van der Waals surface area contributed by atoms with Gasteiger partial charge in [-0.15, -0.1) is 24.0 Å². The number of nitrogens with zero attached hydrogens (tertiary/aromatic N) is 3. The van der Waals surface area contributed by atoms with Crippen LogP contribution in [-0.4, -0.2) is 29.3 Å². The molecule has 0 unspecified atom stereocenters. The Labute approximate surface area is 178 Å². The number of guanidine groups is 1. The fourth-order valence-electron chi connectivity index (χ4n) is 3.24. The smallest absolute Gasteiger partial charge is 0.191 e. The minimum absolute atomic E-state index is 0. The molecule has 0 atom stereocenters. The Bertz CT molecular complexity index is 770. The van der Waals surface area contributed by atoms with Crippen LogP contribution in [0, 0.1) is 12.7 Å². The second-order valence-electron chi connectivity index (χ2n) is 6.38. The normalized spacial score (nSPS) is 11.3. The van der Waals surface area contributed by atoms with Crippen LogP contribution in [0.1, 0.15) is 41.9 Å². The van der Waals surface area contributed by atoms with Crippen LogP contribution in [0.3, 0.4) is 0 Å². The van der Waals surface area contributed by atoms with Gasteiger partial charge in [-0.3, -0.25) is 9.67 Å². The SMILES string of the molecule is CCc1nn(C)c(CC)c1CNC(=NC)NCCc1ccc(F)cc1C.I. The number of nitrogens with one attached hydrogen (secondary N) is 2. The molecule has 0 saturated heterocycles. The maximum absolute atomic E-state index is 13.2. The summed E-state index contributed by atoms with van der Waals surface area (Å²) in [6, 6.07) is 4.93. The average molecular weight is 487 g/mol. The summed E-state index contributed by atoms with van der Waals surface area (Å²) in [6.07, 6.45) is 2.69. The number of rotatable bonds is 7. The van der Waals surface area contributed by atoms with Gasteiger partial charge in [0, 0.05) is 38.4 Å². The molecule has 0 bridgehead atoms. The van der Waals surface area contributed by atoms with Crippen molar-refractivity contribution in [3.8, 4) is 0 Å². The van der Waals surface area contributed by atoms with Gasteiger partial charge in [-0.05, 0) is 49.4 Å². The Balaban J connectivity index is 0.00000364. The maximum atomic E-state index is 13.2. The molecule has 2 N–H and O–H groups in total. The largest absolute Gasteiger partial charge is 0.356 e. The number of halogens is 2. The Morgan fingerprint density at radius 2 is 1.96 bits per heavy atom. The second-order valence-corrected chi connectivity index (χ2v) is 6.38. The molecule has 0 amide bonds. The molecule has 5 nitrogen and oxygen atoms in total. The minimum atomic E-state index is -0.188. The van der Waals surface area contributed by atoms with E-state index in [0.717, 1.165) is 48.6 Å². The molecule has 2 rings (SSSR count). The average Bonchev–Trinajstić information content (AvgIpc) is 2.94. The van der Waals surface area contributed by atoms with E-state index in [1.54, 1.807) is 13.1 Å². The summed E-state index contributed by atoms with van der Waals surface area (Å²) in [5, 5.41) is 11.3. The summed E-state index contributed by atoms with van der Waals surface area (Å²) in [5.74, 6) is 0.573. The van der Waals surface area contributed by atoms with Gasteiger partial charge in [0.15, 0.2) is 5.96 Å².